The summed E-state index contributed by atoms with van der Waals surface area (Å²) < 4.78 is 40.5. The Bertz CT molecular complexity index is 1020. The Hall–Kier alpha value is -3.26. The molecule has 0 amide bonds. The first kappa shape index (κ1) is 36.9. The molecular weight excluding hydrogens is 594 g/mol. The Kier molecular flexibility index (Phi) is 18.0. The van der Waals surface area contributed by atoms with Crippen molar-refractivity contribution in [1.82, 2.24) is 8.75 Å². The standard InChI is InChI=1S/C30H48N3O10S/c1-4-5-6-10-16-40-29-28(31-44-32-29)25-13-11-15-33(3,17-25)21-42-30(37)41-18-24(2)12-8-7-9-14-27(36)43-26(19-38-22-34)20-39-23-35/h13,22-24,26H,4-12,14-21H2,1-3H3/q+1. The maximum absolute atomic E-state index is 12.3. The summed E-state index contributed by atoms with van der Waals surface area (Å²) in [4.78, 5) is 45.1. The summed E-state index contributed by atoms with van der Waals surface area (Å²) in [5.41, 5.74) is 1.83. The topological polar surface area (TPSA) is 149 Å². The maximum atomic E-state index is 12.3. The second-order valence-corrected chi connectivity index (χ2v) is 11.9. The summed E-state index contributed by atoms with van der Waals surface area (Å²) in [6, 6.07) is 0. The molecule has 0 radical (unpaired) electrons. The molecule has 248 valence electrons. The predicted molar refractivity (Wildman–Crippen MR) is 162 cm³/mol. The first-order valence-electron chi connectivity index (χ1n) is 15.4. The minimum absolute atomic E-state index is 0.131. The summed E-state index contributed by atoms with van der Waals surface area (Å²) in [5, 5.41) is 0. The van der Waals surface area contributed by atoms with Crippen molar-refractivity contribution in [2.45, 2.75) is 84.2 Å². The number of hydrogen-bond acceptors (Lipinski definition) is 13. The molecule has 0 fully saturated rings. The van der Waals surface area contributed by atoms with Gasteiger partial charge in [0.15, 0.2) is 6.10 Å². The molecule has 0 spiro atoms. The lowest BCUT2D eigenvalue weighted by molar-refractivity contribution is -0.919. The molecule has 0 saturated heterocycles. The lowest BCUT2D eigenvalue weighted by Gasteiger charge is -2.36. The molecule has 13 nitrogen and oxygen atoms in total. The monoisotopic (exact) mass is 642 g/mol. The zero-order chi connectivity index (χ0) is 32.0. The van der Waals surface area contributed by atoms with Gasteiger partial charge in [-0.1, -0.05) is 52.0 Å². The van der Waals surface area contributed by atoms with Crippen LogP contribution in [0.4, 0.5) is 4.79 Å². The molecule has 0 saturated carbocycles. The number of nitrogens with zero attached hydrogens (tertiary/aromatic N) is 3. The number of likely N-dealkylation sites (N-methyl/N-ethyl adjacent to an activating group) is 1. The molecule has 0 aliphatic carbocycles. The van der Waals surface area contributed by atoms with E-state index < -0.39 is 18.2 Å². The van der Waals surface area contributed by atoms with E-state index >= 15 is 0 Å². The van der Waals surface area contributed by atoms with Crippen LogP contribution in [-0.4, -0.2) is 97.7 Å². The van der Waals surface area contributed by atoms with Crippen LogP contribution in [0.2, 0.25) is 0 Å². The second kappa shape index (κ2) is 21.4. The molecule has 1 aliphatic rings. The Labute approximate surface area is 264 Å². The van der Waals surface area contributed by atoms with E-state index in [0.29, 0.717) is 29.9 Å². The Morgan fingerprint density at radius 3 is 2.48 bits per heavy atom. The predicted octanol–water partition coefficient (Wildman–Crippen LogP) is 4.69. The third-order valence-corrected chi connectivity index (χ3v) is 7.68. The fourth-order valence-electron chi connectivity index (χ4n) is 4.69. The Balaban J connectivity index is 1.62. The fraction of sp³-hybridized carbons (Fsp3) is 0.733. The van der Waals surface area contributed by atoms with Crippen LogP contribution in [0.5, 0.6) is 5.88 Å². The number of quaternary nitrogens is 1. The van der Waals surface area contributed by atoms with Gasteiger partial charge in [0.2, 0.25) is 6.73 Å². The van der Waals surface area contributed by atoms with Crippen LogP contribution in [0.25, 0.3) is 5.57 Å². The highest BCUT2D eigenvalue weighted by Crippen LogP contribution is 2.30. The normalized spacial score (nSPS) is 16.9. The van der Waals surface area contributed by atoms with E-state index in [9.17, 15) is 19.2 Å². The van der Waals surface area contributed by atoms with Gasteiger partial charge in [0, 0.05) is 18.4 Å². The lowest BCUT2D eigenvalue weighted by Crippen LogP contribution is -2.49. The van der Waals surface area contributed by atoms with Gasteiger partial charge >= 0.3 is 12.1 Å². The Morgan fingerprint density at radius 2 is 1.75 bits per heavy atom. The van der Waals surface area contributed by atoms with E-state index in [4.69, 9.17) is 18.9 Å². The number of carbonyl (C=O) groups excluding carboxylic acids is 4. The van der Waals surface area contributed by atoms with Gasteiger partial charge in [0.25, 0.3) is 18.8 Å². The van der Waals surface area contributed by atoms with Crippen molar-refractivity contribution >= 4 is 42.4 Å². The van der Waals surface area contributed by atoms with E-state index in [2.05, 4.69) is 31.2 Å². The van der Waals surface area contributed by atoms with Gasteiger partial charge in [0.05, 0.1) is 38.5 Å². The van der Waals surface area contributed by atoms with Crippen LogP contribution in [0.1, 0.15) is 83.7 Å². The van der Waals surface area contributed by atoms with Gasteiger partial charge in [-0.3, -0.25) is 18.9 Å². The van der Waals surface area contributed by atoms with Gasteiger partial charge in [-0.15, -0.1) is 4.37 Å². The number of esters is 1. The zero-order valence-electron chi connectivity index (χ0n) is 26.2. The van der Waals surface area contributed by atoms with Crippen molar-refractivity contribution in [3.05, 3.63) is 11.8 Å². The average Bonchev–Trinajstić information content (AvgIpc) is 3.48. The number of ether oxygens (including phenoxy) is 6. The molecule has 1 aliphatic heterocycles. The molecule has 2 heterocycles. The highest BCUT2D eigenvalue weighted by atomic mass is 32.1. The van der Waals surface area contributed by atoms with Crippen LogP contribution < -0.4 is 4.74 Å². The highest BCUT2D eigenvalue weighted by molar-refractivity contribution is 6.99. The lowest BCUT2D eigenvalue weighted by atomic mass is 10.0. The number of aromatic nitrogens is 2. The van der Waals surface area contributed by atoms with Crippen molar-refractivity contribution in [3.63, 3.8) is 0 Å². The average molecular weight is 643 g/mol. The number of carbonyl (C=O) groups is 4. The number of unbranched alkanes of at least 4 members (excludes halogenated alkanes) is 5. The second-order valence-electron chi connectivity index (χ2n) is 11.4. The van der Waals surface area contributed by atoms with E-state index in [-0.39, 0.29) is 51.8 Å². The van der Waals surface area contributed by atoms with Crippen LogP contribution in [-0.2, 0) is 38.1 Å². The minimum Gasteiger partial charge on any atom is -0.475 e. The molecular formula is C30H48N3O10S+. The Morgan fingerprint density at radius 1 is 1.00 bits per heavy atom. The molecule has 0 bridgehead atoms. The van der Waals surface area contributed by atoms with E-state index in [0.717, 1.165) is 68.1 Å². The van der Waals surface area contributed by atoms with Crippen molar-refractivity contribution in [3.8, 4) is 5.88 Å². The molecule has 0 aromatic carbocycles. The fourth-order valence-corrected chi connectivity index (χ4v) is 5.22. The van der Waals surface area contributed by atoms with Crippen molar-refractivity contribution in [2.24, 2.45) is 5.92 Å². The van der Waals surface area contributed by atoms with Gasteiger partial charge < -0.3 is 28.4 Å². The molecule has 2 unspecified atom stereocenters. The first-order valence-corrected chi connectivity index (χ1v) is 16.1. The minimum atomic E-state index is -0.833. The van der Waals surface area contributed by atoms with Gasteiger partial charge in [-0.2, -0.15) is 4.37 Å². The quantitative estimate of drug-likeness (QED) is 0.0506. The zero-order valence-corrected chi connectivity index (χ0v) is 27.1. The summed E-state index contributed by atoms with van der Waals surface area (Å²) in [6.45, 7) is 6.81. The van der Waals surface area contributed by atoms with Crippen LogP contribution in [0.3, 0.4) is 0 Å². The summed E-state index contributed by atoms with van der Waals surface area (Å²) in [5.74, 6) is 0.254. The van der Waals surface area contributed by atoms with Gasteiger partial charge in [-0.25, -0.2) is 4.79 Å². The molecule has 1 aromatic heterocycles. The van der Waals surface area contributed by atoms with Crippen molar-refractivity contribution in [1.29, 1.82) is 0 Å². The van der Waals surface area contributed by atoms with E-state index in [1.165, 1.54) is 12.8 Å². The summed E-state index contributed by atoms with van der Waals surface area (Å²) >= 11 is 1.15. The van der Waals surface area contributed by atoms with Crippen LogP contribution in [0.15, 0.2) is 6.08 Å². The summed E-state index contributed by atoms with van der Waals surface area (Å²) in [6.07, 6.45) is 9.23. The van der Waals surface area contributed by atoms with E-state index in [1.54, 1.807) is 0 Å². The highest BCUT2D eigenvalue weighted by Gasteiger charge is 2.31. The number of rotatable bonds is 24. The van der Waals surface area contributed by atoms with Gasteiger partial charge in [0.1, 0.15) is 25.5 Å². The molecule has 2 atom stereocenters. The smallest absolute Gasteiger partial charge is 0.475 e. The third kappa shape index (κ3) is 15.0. The van der Waals surface area contributed by atoms with Crippen molar-refractivity contribution < 1.29 is 52.1 Å². The summed E-state index contributed by atoms with van der Waals surface area (Å²) in [7, 11) is 2.04. The van der Waals surface area contributed by atoms with E-state index in [1.807, 2.05) is 14.0 Å². The molecule has 1 aromatic rings. The number of hydrogen-bond donors (Lipinski definition) is 0. The maximum Gasteiger partial charge on any atom is 0.512 e. The van der Waals surface area contributed by atoms with Crippen LogP contribution in [0, 0.1) is 5.92 Å². The SMILES string of the molecule is CCCCCCOc1nsnc1C1=CCC[N+](C)(COC(=O)OCC(C)CCCCCC(=O)OC(COC=O)COC=O)C1. The first-order chi connectivity index (χ1) is 21.3. The van der Waals surface area contributed by atoms with Crippen LogP contribution >= 0.6 is 11.7 Å². The largest absolute Gasteiger partial charge is 0.512 e. The molecule has 0 N–H and O–H groups in total. The third-order valence-electron chi connectivity index (χ3n) is 7.17. The molecule has 2 rings (SSSR count). The molecule has 44 heavy (non-hydrogen) atoms. The van der Waals surface area contributed by atoms with Crippen molar-refractivity contribution in [2.75, 3.05) is 53.3 Å². The van der Waals surface area contributed by atoms with Gasteiger partial charge in [-0.05, 0) is 25.2 Å². The molecule has 14 heteroatoms.